The van der Waals surface area contributed by atoms with Gasteiger partial charge in [0.15, 0.2) is 15.8 Å². The Morgan fingerprint density at radius 3 is 2.54 bits per heavy atom. The maximum atomic E-state index is 11.5. The van der Waals surface area contributed by atoms with Crippen LogP contribution >= 0.6 is 35.3 Å². The molecule has 0 saturated carbocycles. The lowest BCUT2D eigenvalue weighted by atomic mass is 10.1. The van der Waals surface area contributed by atoms with Crippen molar-refractivity contribution in [2.45, 2.75) is 18.7 Å². The topological polar surface area (TPSA) is 84.5 Å². The van der Waals surface area contributed by atoms with Crippen LogP contribution in [0.2, 0.25) is 0 Å². The molecule has 2 aromatic rings. The first-order valence-electron chi connectivity index (χ1n) is 7.25. The highest BCUT2D eigenvalue weighted by Crippen LogP contribution is 2.13. The van der Waals surface area contributed by atoms with E-state index in [0.717, 1.165) is 24.1 Å². The molecule has 0 aliphatic rings. The first kappa shape index (κ1) is 20.9. The van der Waals surface area contributed by atoms with E-state index in [4.69, 9.17) is 5.73 Å². The lowest BCUT2D eigenvalue weighted by Gasteiger charge is -2.08. The van der Waals surface area contributed by atoms with E-state index in [0.29, 0.717) is 12.5 Å². The van der Waals surface area contributed by atoms with Crippen LogP contribution < -0.4 is 11.1 Å². The molecule has 0 aliphatic carbocycles. The molecule has 3 N–H and O–H groups in total. The van der Waals surface area contributed by atoms with Crippen molar-refractivity contribution in [3.63, 3.8) is 0 Å². The third-order valence-corrected chi connectivity index (χ3v) is 4.98. The second-order valence-corrected chi connectivity index (χ2v) is 8.47. The Hall–Kier alpha value is -1.13. The highest BCUT2D eigenvalue weighted by Gasteiger charge is 2.08. The van der Waals surface area contributed by atoms with Crippen LogP contribution in [0.15, 0.2) is 46.8 Å². The number of benzene rings is 1. The monoisotopic (exact) mass is 479 g/mol. The lowest BCUT2D eigenvalue weighted by molar-refractivity contribution is 0.601. The second-order valence-electron chi connectivity index (χ2n) is 5.30. The van der Waals surface area contributed by atoms with Gasteiger partial charge >= 0.3 is 0 Å². The number of hydrogen-bond donors (Lipinski definition) is 2. The first-order chi connectivity index (χ1) is 10.9. The van der Waals surface area contributed by atoms with Gasteiger partial charge in [0.2, 0.25) is 0 Å². The summed E-state index contributed by atoms with van der Waals surface area (Å²) in [6.45, 7) is 1.09. The number of rotatable bonds is 7. The number of nitrogens with zero attached hydrogens (tertiary/aromatic N) is 1. The van der Waals surface area contributed by atoms with E-state index in [2.05, 4.69) is 16.4 Å². The summed E-state index contributed by atoms with van der Waals surface area (Å²) in [7, 11) is -3.07. The summed E-state index contributed by atoms with van der Waals surface area (Å²) in [6.07, 6.45) is 2.13. The molecule has 1 heterocycles. The smallest absolute Gasteiger partial charge is 0.188 e. The van der Waals surface area contributed by atoms with Gasteiger partial charge in [0.1, 0.15) is 0 Å². The van der Waals surface area contributed by atoms with Crippen LogP contribution in [0.4, 0.5) is 0 Å². The zero-order valence-corrected chi connectivity index (χ0v) is 17.4. The van der Waals surface area contributed by atoms with Gasteiger partial charge in [-0.05, 0) is 29.0 Å². The van der Waals surface area contributed by atoms with Gasteiger partial charge in [-0.3, -0.25) is 0 Å². The van der Waals surface area contributed by atoms with Crippen LogP contribution in [-0.2, 0) is 28.6 Å². The van der Waals surface area contributed by atoms with Crippen molar-refractivity contribution < 1.29 is 8.42 Å². The van der Waals surface area contributed by atoms with E-state index >= 15 is 0 Å². The molecule has 8 heteroatoms. The molecule has 0 spiro atoms. The molecule has 0 fully saturated rings. The molecule has 0 amide bonds. The number of hydrogen-bond acceptors (Lipinski definition) is 4. The molecule has 5 nitrogen and oxygen atoms in total. The minimum Gasteiger partial charge on any atom is -0.370 e. The quantitative estimate of drug-likeness (QED) is 0.363. The van der Waals surface area contributed by atoms with E-state index in [-0.39, 0.29) is 29.7 Å². The molecule has 1 aromatic heterocycles. The SMILES string of the molecule is CS(=O)(=O)Cc1ccccc1CN=C(N)NCCc1cccs1.I. The Bertz CT molecular complexity index is 759. The predicted octanol–water partition coefficient (Wildman–Crippen LogP) is 2.56. The molecule has 2 rings (SSSR count). The first-order valence-corrected chi connectivity index (χ1v) is 10.2. The summed E-state index contributed by atoms with van der Waals surface area (Å²) in [4.78, 5) is 5.59. The van der Waals surface area contributed by atoms with Crippen molar-refractivity contribution in [2.24, 2.45) is 10.7 Å². The largest absolute Gasteiger partial charge is 0.370 e. The molecule has 0 bridgehead atoms. The average molecular weight is 479 g/mol. The minimum atomic E-state index is -3.07. The number of guanidine groups is 1. The Balaban J connectivity index is 0.00000288. The number of aliphatic imine (C=N–C) groups is 1. The van der Waals surface area contributed by atoms with Crippen molar-refractivity contribution in [3.05, 3.63) is 57.8 Å². The number of thiophene rings is 1. The second kappa shape index (κ2) is 10.00. The summed E-state index contributed by atoms with van der Waals surface area (Å²) in [6, 6.07) is 11.5. The fraction of sp³-hybridized carbons (Fsp3) is 0.312. The summed E-state index contributed by atoms with van der Waals surface area (Å²) in [5.41, 5.74) is 7.51. The van der Waals surface area contributed by atoms with Crippen molar-refractivity contribution in [1.82, 2.24) is 5.32 Å². The predicted molar refractivity (Wildman–Crippen MR) is 112 cm³/mol. The molecule has 0 radical (unpaired) electrons. The Labute approximate surface area is 164 Å². The molecule has 0 unspecified atom stereocenters. The van der Waals surface area contributed by atoms with E-state index in [1.165, 1.54) is 11.1 Å². The van der Waals surface area contributed by atoms with Crippen LogP contribution in [0.5, 0.6) is 0 Å². The van der Waals surface area contributed by atoms with Gasteiger partial charge in [-0.15, -0.1) is 35.3 Å². The van der Waals surface area contributed by atoms with E-state index in [1.807, 2.05) is 35.7 Å². The third kappa shape index (κ3) is 7.63. The van der Waals surface area contributed by atoms with Crippen LogP contribution in [0.25, 0.3) is 0 Å². The van der Waals surface area contributed by atoms with E-state index in [9.17, 15) is 8.42 Å². The van der Waals surface area contributed by atoms with Gasteiger partial charge < -0.3 is 11.1 Å². The molecular weight excluding hydrogens is 457 g/mol. The number of nitrogens with two attached hydrogens (primary N) is 1. The zero-order chi connectivity index (χ0) is 16.7. The van der Waals surface area contributed by atoms with Gasteiger partial charge in [0.05, 0.1) is 12.3 Å². The Morgan fingerprint density at radius 2 is 1.92 bits per heavy atom. The van der Waals surface area contributed by atoms with Crippen LogP contribution in [0, 0.1) is 0 Å². The van der Waals surface area contributed by atoms with Crippen LogP contribution in [-0.4, -0.2) is 27.2 Å². The normalized spacial score (nSPS) is 11.8. The van der Waals surface area contributed by atoms with Crippen molar-refractivity contribution in [3.8, 4) is 0 Å². The minimum absolute atomic E-state index is 0. The molecule has 0 atom stereocenters. The van der Waals surface area contributed by atoms with Gasteiger partial charge in [-0.25, -0.2) is 13.4 Å². The molecule has 0 saturated heterocycles. The number of nitrogens with one attached hydrogen (secondary N) is 1. The van der Waals surface area contributed by atoms with E-state index in [1.54, 1.807) is 11.3 Å². The van der Waals surface area contributed by atoms with Crippen molar-refractivity contribution >= 4 is 51.1 Å². The van der Waals surface area contributed by atoms with E-state index < -0.39 is 9.84 Å². The number of sulfone groups is 1. The lowest BCUT2D eigenvalue weighted by Crippen LogP contribution is -2.33. The number of halogens is 1. The van der Waals surface area contributed by atoms with Gasteiger partial charge in [-0.1, -0.05) is 30.3 Å². The fourth-order valence-corrected chi connectivity index (χ4v) is 3.69. The zero-order valence-electron chi connectivity index (χ0n) is 13.4. The summed E-state index contributed by atoms with van der Waals surface area (Å²) in [5, 5.41) is 5.12. The fourth-order valence-electron chi connectivity index (χ4n) is 2.13. The highest BCUT2D eigenvalue weighted by atomic mass is 127. The van der Waals surface area contributed by atoms with Crippen LogP contribution in [0.3, 0.4) is 0 Å². The van der Waals surface area contributed by atoms with Gasteiger partial charge in [0, 0.05) is 17.7 Å². The maximum absolute atomic E-state index is 11.5. The standard InChI is InChI=1S/C16H21N3O2S2.HI/c1-23(20,21)12-14-6-3-2-5-13(14)11-19-16(17)18-9-8-15-7-4-10-22-15;/h2-7,10H,8-9,11-12H2,1H3,(H3,17,18,19);1H. The third-order valence-electron chi connectivity index (χ3n) is 3.21. The summed E-state index contributed by atoms with van der Waals surface area (Å²) in [5.74, 6) is 0.389. The average Bonchev–Trinajstić information content (AvgIpc) is 2.98. The van der Waals surface area contributed by atoms with Crippen molar-refractivity contribution in [1.29, 1.82) is 0 Å². The summed E-state index contributed by atoms with van der Waals surface area (Å²) >= 11 is 1.71. The van der Waals surface area contributed by atoms with Crippen LogP contribution in [0.1, 0.15) is 16.0 Å². The molecule has 1 aromatic carbocycles. The summed E-state index contributed by atoms with van der Waals surface area (Å²) < 4.78 is 22.9. The van der Waals surface area contributed by atoms with Crippen molar-refractivity contribution in [2.75, 3.05) is 12.8 Å². The van der Waals surface area contributed by atoms with Gasteiger partial charge in [0.25, 0.3) is 0 Å². The van der Waals surface area contributed by atoms with Gasteiger partial charge in [-0.2, -0.15) is 0 Å². The Kier molecular flexibility index (Phi) is 8.71. The molecular formula is C16H22IN3O2S2. The highest BCUT2D eigenvalue weighted by molar-refractivity contribution is 14.0. The molecule has 24 heavy (non-hydrogen) atoms. The maximum Gasteiger partial charge on any atom is 0.188 e. The molecule has 0 aliphatic heterocycles. The Morgan fingerprint density at radius 1 is 1.21 bits per heavy atom. The molecule has 132 valence electrons.